The van der Waals surface area contributed by atoms with Crippen molar-refractivity contribution in [2.45, 2.75) is 33.2 Å². The Kier molecular flexibility index (Phi) is 4.10. The number of Topliss-reactive ketones (excluding diaryl/α,β-unsaturated/α-hetero) is 1. The first-order chi connectivity index (χ1) is 9.11. The Bertz CT molecular complexity index is 590. The van der Waals surface area contributed by atoms with E-state index in [-0.39, 0.29) is 11.6 Å². The summed E-state index contributed by atoms with van der Waals surface area (Å²) in [6.45, 7) is 4.43. The fourth-order valence-electron chi connectivity index (χ4n) is 2.05. The van der Waals surface area contributed by atoms with Gasteiger partial charge in [-0.1, -0.05) is 6.92 Å². The highest BCUT2D eigenvalue weighted by Gasteiger charge is 2.10. The van der Waals surface area contributed by atoms with Crippen LogP contribution in [0.1, 0.15) is 42.0 Å². The van der Waals surface area contributed by atoms with Crippen LogP contribution in [0, 0.1) is 5.82 Å². The Morgan fingerprint density at radius 3 is 2.89 bits per heavy atom. The second kappa shape index (κ2) is 5.78. The molecule has 0 aliphatic heterocycles. The topological polar surface area (TPSA) is 34.9 Å². The minimum Gasteiger partial charge on any atom is -0.335 e. The van der Waals surface area contributed by atoms with Gasteiger partial charge in [0.2, 0.25) is 0 Å². The summed E-state index contributed by atoms with van der Waals surface area (Å²) in [6, 6.07) is 4.47. The summed E-state index contributed by atoms with van der Waals surface area (Å²) < 4.78 is 15.8. The normalized spacial score (nSPS) is 10.7. The number of carbonyl (C=O) groups is 1. The summed E-state index contributed by atoms with van der Waals surface area (Å²) in [6.07, 6.45) is 5.02. The molecule has 0 radical (unpaired) electrons. The van der Waals surface area contributed by atoms with Gasteiger partial charge in [-0.2, -0.15) is 0 Å². The molecule has 0 atom stereocenters. The highest BCUT2D eigenvalue weighted by atomic mass is 19.1. The number of benzene rings is 1. The fourth-order valence-corrected chi connectivity index (χ4v) is 2.05. The van der Waals surface area contributed by atoms with Crippen LogP contribution in [0.3, 0.4) is 0 Å². The number of nitrogens with zero attached hydrogens (tertiary/aromatic N) is 2. The van der Waals surface area contributed by atoms with E-state index in [1.54, 1.807) is 12.3 Å². The molecule has 0 fully saturated rings. The lowest BCUT2D eigenvalue weighted by molar-refractivity contribution is 0.101. The summed E-state index contributed by atoms with van der Waals surface area (Å²) in [7, 11) is 0. The van der Waals surface area contributed by atoms with E-state index >= 15 is 0 Å². The molecule has 3 nitrogen and oxygen atoms in total. The van der Waals surface area contributed by atoms with Crippen LogP contribution in [-0.2, 0) is 13.0 Å². The van der Waals surface area contributed by atoms with Crippen LogP contribution in [0.4, 0.5) is 4.39 Å². The van der Waals surface area contributed by atoms with Crippen LogP contribution < -0.4 is 0 Å². The van der Waals surface area contributed by atoms with Crippen molar-refractivity contribution in [3.8, 4) is 0 Å². The van der Waals surface area contributed by atoms with E-state index in [1.807, 2.05) is 10.8 Å². The molecule has 19 heavy (non-hydrogen) atoms. The summed E-state index contributed by atoms with van der Waals surface area (Å²) >= 11 is 0. The predicted octanol–water partition coefficient (Wildman–Crippen LogP) is 3.23. The number of aromatic nitrogens is 2. The Morgan fingerprint density at radius 1 is 1.42 bits per heavy atom. The summed E-state index contributed by atoms with van der Waals surface area (Å²) in [5.41, 5.74) is 1.04. The molecule has 0 saturated heterocycles. The quantitative estimate of drug-likeness (QED) is 0.774. The van der Waals surface area contributed by atoms with E-state index in [0.29, 0.717) is 17.5 Å². The third-order valence-corrected chi connectivity index (χ3v) is 3.07. The first-order valence-corrected chi connectivity index (χ1v) is 6.41. The van der Waals surface area contributed by atoms with Gasteiger partial charge in [0.25, 0.3) is 0 Å². The van der Waals surface area contributed by atoms with Gasteiger partial charge in [0.1, 0.15) is 11.6 Å². The molecular formula is C15H17FN2O. The van der Waals surface area contributed by atoms with Crippen LogP contribution in [0.25, 0.3) is 0 Å². The largest absolute Gasteiger partial charge is 0.335 e. The van der Waals surface area contributed by atoms with Gasteiger partial charge in [-0.05, 0) is 37.1 Å². The summed E-state index contributed by atoms with van der Waals surface area (Å²) in [5.74, 6) is 0.468. The zero-order chi connectivity index (χ0) is 13.8. The van der Waals surface area contributed by atoms with Crippen molar-refractivity contribution < 1.29 is 9.18 Å². The molecule has 0 aliphatic rings. The van der Waals surface area contributed by atoms with E-state index in [4.69, 9.17) is 0 Å². The van der Waals surface area contributed by atoms with Crippen molar-refractivity contribution in [1.82, 2.24) is 9.55 Å². The molecule has 0 bridgehead atoms. The van der Waals surface area contributed by atoms with Gasteiger partial charge in [-0.3, -0.25) is 4.79 Å². The molecule has 4 heteroatoms. The van der Waals surface area contributed by atoms with Crippen LogP contribution in [0.5, 0.6) is 0 Å². The van der Waals surface area contributed by atoms with Gasteiger partial charge in [0.15, 0.2) is 5.78 Å². The van der Waals surface area contributed by atoms with Gasteiger partial charge >= 0.3 is 0 Å². The lowest BCUT2D eigenvalue weighted by atomic mass is 10.0. The number of hydrogen-bond donors (Lipinski definition) is 0. The van der Waals surface area contributed by atoms with Crippen LogP contribution >= 0.6 is 0 Å². The first kappa shape index (κ1) is 13.5. The van der Waals surface area contributed by atoms with Gasteiger partial charge in [-0.15, -0.1) is 0 Å². The predicted molar refractivity (Wildman–Crippen MR) is 71.7 cm³/mol. The highest BCUT2D eigenvalue weighted by molar-refractivity contribution is 5.94. The Morgan fingerprint density at radius 2 is 2.21 bits per heavy atom. The molecule has 2 aromatic rings. The summed E-state index contributed by atoms with van der Waals surface area (Å²) in [5, 5.41) is 0. The lowest BCUT2D eigenvalue weighted by Crippen LogP contribution is -2.05. The number of aryl methyl sites for hydroxylation is 1. The number of ketones is 1. The van der Waals surface area contributed by atoms with E-state index in [0.717, 1.165) is 18.8 Å². The number of imidazole rings is 1. The minimum absolute atomic E-state index is 0.0573. The smallest absolute Gasteiger partial charge is 0.159 e. The molecule has 100 valence electrons. The molecule has 0 unspecified atom stereocenters. The number of hydrogen-bond acceptors (Lipinski definition) is 2. The maximum absolute atomic E-state index is 13.8. The van der Waals surface area contributed by atoms with Crippen LogP contribution in [0.15, 0.2) is 30.6 Å². The molecule has 0 spiro atoms. The maximum Gasteiger partial charge on any atom is 0.159 e. The van der Waals surface area contributed by atoms with Crippen molar-refractivity contribution in [1.29, 1.82) is 0 Å². The van der Waals surface area contributed by atoms with Gasteiger partial charge < -0.3 is 4.57 Å². The maximum atomic E-state index is 13.8. The van der Waals surface area contributed by atoms with Crippen molar-refractivity contribution in [3.05, 3.63) is 53.4 Å². The average Bonchev–Trinajstić information content (AvgIpc) is 2.80. The molecule has 0 saturated carbocycles. The lowest BCUT2D eigenvalue weighted by Gasteiger charge is -2.08. The minimum atomic E-state index is -0.295. The van der Waals surface area contributed by atoms with Crippen molar-refractivity contribution in [3.63, 3.8) is 0 Å². The molecule has 0 amide bonds. The standard InChI is InChI=1S/C15H17FN2O/c1-3-7-18-8-6-17-15(18)10-13-9-12(11(2)19)4-5-14(13)16/h4-6,8-9H,3,7,10H2,1-2H3. The van der Waals surface area contributed by atoms with Crippen molar-refractivity contribution >= 4 is 5.78 Å². The third kappa shape index (κ3) is 3.08. The van der Waals surface area contributed by atoms with Crippen molar-refractivity contribution in [2.24, 2.45) is 0 Å². The average molecular weight is 260 g/mol. The highest BCUT2D eigenvalue weighted by Crippen LogP contribution is 2.15. The molecule has 1 aromatic carbocycles. The Hall–Kier alpha value is -1.97. The second-order valence-corrected chi connectivity index (χ2v) is 4.58. The number of carbonyl (C=O) groups excluding carboxylic acids is 1. The van der Waals surface area contributed by atoms with E-state index < -0.39 is 0 Å². The molecule has 1 aromatic heterocycles. The summed E-state index contributed by atoms with van der Waals surface area (Å²) in [4.78, 5) is 15.6. The number of halogens is 1. The molecule has 0 aliphatic carbocycles. The van der Waals surface area contributed by atoms with E-state index in [2.05, 4.69) is 11.9 Å². The third-order valence-electron chi connectivity index (χ3n) is 3.07. The van der Waals surface area contributed by atoms with E-state index in [9.17, 15) is 9.18 Å². The fraction of sp³-hybridized carbons (Fsp3) is 0.333. The Balaban J connectivity index is 2.29. The SMILES string of the molecule is CCCn1ccnc1Cc1cc(C(C)=O)ccc1F. The Labute approximate surface area is 112 Å². The number of rotatable bonds is 5. The van der Waals surface area contributed by atoms with Crippen LogP contribution in [-0.4, -0.2) is 15.3 Å². The monoisotopic (exact) mass is 260 g/mol. The molecule has 2 rings (SSSR count). The molecule has 0 N–H and O–H groups in total. The first-order valence-electron chi connectivity index (χ1n) is 6.41. The molecule has 1 heterocycles. The zero-order valence-electron chi connectivity index (χ0n) is 11.2. The van der Waals surface area contributed by atoms with Gasteiger partial charge in [0, 0.05) is 30.9 Å². The second-order valence-electron chi connectivity index (χ2n) is 4.58. The van der Waals surface area contributed by atoms with Gasteiger partial charge in [-0.25, -0.2) is 9.37 Å². The van der Waals surface area contributed by atoms with Gasteiger partial charge in [0.05, 0.1) is 0 Å². The van der Waals surface area contributed by atoms with E-state index in [1.165, 1.54) is 19.1 Å². The zero-order valence-corrected chi connectivity index (χ0v) is 11.2. The van der Waals surface area contributed by atoms with Crippen LogP contribution in [0.2, 0.25) is 0 Å². The molecular weight excluding hydrogens is 243 g/mol. The van der Waals surface area contributed by atoms with Crippen molar-refractivity contribution in [2.75, 3.05) is 0 Å².